The molecule has 0 radical (unpaired) electrons. The molecular weight excluding hydrogens is 375 g/mol. The third kappa shape index (κ3) is 3.38. The third-order valence-corrected chi connectivity index (χ3v) is 4.40. The molecule has 0 aromatic heterocycles. The largest absolute Gasteiger partial charge is 0.396 e. The van der Waals surface area contributed by atoms with Crippen LogP contribution in [-0.4, -0.2) is 14.7 Å². The number of hydrogen-bond donors (Lipinski definition) is 2. The molecule has 4 nitrogen and oxygen atoms in total. The number of halogens is 1. The van der Waals surface area contributed by atoms with Crippen molar-refractivity contribution in [3.05, 3.63) is 46.0 Å². The standard InChI is InChI=1S/C13H13IN2O2S/c1-19(17,18)12-7-3-6-11(13(12)15)16-10-5-2-4-9(14)8-10/h2-8,16H,15H2,1H3. The zero-order chi connectivity index (χ0) is 14.0. The van der Waals surface area contributed by atoms with Crippen molar-refractivity contribution in [3.8, 4) is 0 Å². The topological polar surface area (TPSA) is 72.2 Å². The molecule has 2 rings (SSSR count). The average Bonchev–Trinajstić information content (AvgIpc) is 2.30. The minimum atomic E-state index is -3.32. The van der Waals surface area contributed by atoms with Crippen LogP contribution in [0.1, 0.15) is 0 Å². The van der Waals surface area contributed by atoms with Crippen molar-refractivity contribution in [1.82, 2.24) is 0 Å². The lowest BCUT2D eigenvalue weighted by Gasteiger charge is -2.12. The van der Waals surface area contributed by atoms with Crippen molar-refractivity contribution < 1.29 is 8.42 Å². The van der Waals surface area contributed by atoms with Crippen LogP contribution in [0.4, 0.5) is 17.1 Å². The number of hydrogen-bond acceptors (Lipinski definition) is 4. The van der Waals surface area contributed by atoms with Crippen LogP contribution in [0.2, 0.25) is 0 Å². The van der Waals surface area contributed by atoms with Crippen molar-refractivity contribution >= 4 is 49.5 Å². The first kappa shape index (κ1) is 14.1. The van der Waals surface area contributed by atoms with E-state index >= 15 is 0 Å². The fourth-order valence-electron chi connectivity index (χ4n) is 1.70. The van der Waals surface area contributed by atoms with Gasteiger partial charge in [0.15, 0.2) is 9.84 Å². The molecule has 0 aliphatic rings. The van der Waals surface area contributed by atoms with Crippen LogP contribution in [0.3, 0.4) is 0 Å². The molecule has 0 spiro atoms. The molecule has 100 valence electrons. The zero-order valence-corrected chi connectivity index (χ0v) is 13.2. The number of nitrogens with two attached hydrogens (primary N) is 1. The number of para-hydroxylation sites is 1. The molecule has 2 aromatic carbocycles. The highest BCUT2D eigenvalue weighted by Crippen LogP contribution is 2.29. The molecule has 0 aliphatic heterocycles. The van der Waals surface area contributed by atoms with Crippen LogP contribution < -0.4 is 11.1 Å². The van der Waals surface area contributed by atoms with Crippen LogP contribution in [0.5, 0.6) is 0 Å². The van der Waals surface area contributed by atoms with Gasteiger partial charge in [0.25, 0.3) is 0 Å². The molecule has 2 aromatic rings. The number of sulfone groups is 1. The van der Waals surface area contributed by atoms with Gasteiger partial charge in [-0.15, -0.1) is 0 Å². The number of nitrogens with one attached hydrogen (secondary N) is 1. The van der Waals surface area contributed by atoms with Crippen LogP contribution in [-0.2, 0) is 9.84 Å². The summed E-state index contributed by atoms with van der Waals surface area (Å²) in [5, 5.41) is 3.13. The van der Waals surface area contributed by atoms with Crippen molar-refractivity contribution in [2.45, 2.75) is 4.90 Å². The normalized spacial score (nSPS) is 11.3. The minimum Gasteiger partial charge on any atom is -0.396 e. The van der Waals surface area contributed by atoms with E-state index in [2.05, 4.69) is 27.9 Å². The molecule has 0 saturated heterocycles. The summed E-state index contributed by atoms with van der Waals surface area (Å²) in [4.78, 5) is 0.142. The van der Waals surface area contributed by atoms with E-state index in [0.29, 0.717) is 5.69 Å². The first-order chi connectivity index (χ1) is 8.88. The van der Waals surface area contributed by atoms with Crippen molar-refractivity contribution in [2.75, 3.05) is 17.3 Å². The van der Waals surface area contributed by atoms with Crippen LogP contribution in [0, 0.1) is 3.57 Å². The van der Waals surface area contributed by atoms with Crippen LogP contribution in [0.15, 0.2) is 47.4 Å². The molecule has 0 amide bonds. The molecule has 6 heteroatoms. The first-order valence-electron chi connectivity index (χ1n) is 5.49. The van der Waals surface area contributed by atoms with E-state index < -0.39 is 9.84 Å². The van der Waals surface area contributed by atoms with Gasteiger partial charge in [-0.3, -0.25) is 0 Å². The summed E-state index contributed by atoms with van der Waals surface area (Å²) < 4.78 is 24.3. The van der Waals surface area contributed by atoms with Gasteiger partial charge in [0.2, 0.25) is 0 Å². The van der Waals surface area contributed by atoms with Gasteiger partial charge in [-0.25, -0.2) is 8.42 Å². The summed E-state index contributed by atoms with van der Waals surface area (Å²) in [6, 6.07) is 12.7. The van der Waals surface area contributed by atoms with Gasteiger partial charge in [0.1, 0.15) is 0 Å². The Labute approximate surface area is 126 Å². The van der Waals surface area contributed by atoms with E-state index in [9.17, 15) is 8.42 Å². The molecule has 0 aliphatic carbocycles. The minimum absolute atomic E-state index is 0.142. The second-order valence-electron chi connectivity index (χ2n) is 4.12. The zero-order valence-electron chi connectivity index (χ0n) is 10.2. The highest BCUT2D eigenvalue weighted by molar-refractivity contribution is 14.1. The Balaban J connectivity index is 2.42. The summed E-state index contributed by atoms with van der Waals surface area (Å²) in [7, 11) is -3.32. The Morgan fingerprint density at radius 1 is 1.16 bits per heavy atom. The lowest BCUT2D eigenvalue weighted by Crippen LogP contribution is -2.05. The maximum Gasteiger partial charge on any atom is 0.177 e. The Kier molecular flexibility index (Phi) is 4.00. The molecule has 3 N–H and O–H groups in total. The fraction of sp³-hybridized carbons (Fsp3) is 0.0769. The molecule has 0 fully saturated rings. The van der Waals surface area contributed by atoms with E-state index in [0.717, 1.165) is 15.5 Å². The highest BCUT2D eigenvalue weighted by Gasteiger charge is 2.14. The van der Waals surface area contributed by atoms with Crippen molar-refractivity contribution in [3.63, 3.8) is 0 Å². The van der Waals surface area contributed by atoms with E-state index in [1.165, 1.54) is 6.07 Å². The molecule has 19 heavy (non-hydrogen) atoms. The summed E-state index contributed by atoms with van der Waals surface area (Å²) in [5.41, 5.74) is 7.60. The molecule has 0 saturated carbocycles. The van der Waals surface area contributed by atoms with Gasteiger partial charge < -0.3 is 11.1 Å². The monoisotopic (exact) mass is 388 g/mol. The lowest BCUT2D eigenvalue weighted by molar-refractivity contribution is 0.602. The molecule has 0 atom stereocenters. The van der Waals surface area contributed by atoms with Crippen LogP contribution in [0.25, 0.3) is 0 Å². The molecular formula is C13H13IN2O2S. The number of rotatable bonds is 3. The lowest BCUT2D eigenvalue weighted by atomic mass is 10.2. The third-order valence-electron chi connectivity index (χ3n) is 2.57. The predicted molar refractivity (Wildman–Crippen MR) is 86.4 cm³/mol. The van der Waals surface area contributed by atoms with Gasteiger partial charge >= 0.3 is 0 Å². The number of nitrogen functional groups attached to an aromatic ring is 1. The van der Waals surface area contributed by atoms with E-state index in [4.69, 9.17) is 5.73 Å². The average molecular weight is 388 g/mol. The molecule has 0 bridgehead atoms. The summed E-state index contributed by atoms with van der Waals surface area (Å²) in [6.07, 6.45) is 1.15. The maximum absolute atomic E-state index is 11.6. The van der Waals surface area contributed by atoms with Gasteiger partial charge in [0, 0.05) is 15.5 Å². The quantitative estimate of drug-likeness (QED) is 0.627. The van der Waals surface area contributed by atoms with E-state index in [1.807, 2.05) is 24.3 Å². The van der Waals surface area contributed by atoms with E-state index in [-0.39, 0.29) is 10.6 Å². The van der Waals surface area contributed by atoms with Gasteiger partial charge in [-0.05, 0) is 52.9 Å². The second kappa shape index (κ2) is 5.38. The predicted octanol–water partition coefficient (Wildman–Crippen LogP) is 3.02. The van der Waals surface area contributed by atoms with Crippen LogP contribution >= 0.6 is 22.6 Å². The first-order valence-corrected chi connectivity index (χ1v) is 8.46. The van der Waals surface area contributed by atoms with E-state index in [1.54, 1.807) is 12.1 Å². The Bertz CT molecular complexity index is 714. The van der Waals surface area contributed by atoms with Crippen molar-refractivity contribution in [1.29, 1.82) is 0 Å². The van der Waals surface area contributed by atoms with Crippen molar-refractivity contribution in [2.24, 2.45) is 0 Å². The Morgan fingerprint density at radius 2 is 1.84 bits per heavy atom. The maximum atomic E-state index is 11.6. The van der Waals surface area contributed by atoms with Gasteiger partial charge in [-0.2, -0.15) is 0 Å². The number of anilines is 3. The smallest absolute Gasteiger partial charge is 0.177 e. The number of benzene rings is 2. The fourth-order valence-corrected chi connectivity index (χ4v) is 3.08. The molecule has 0 unspecified atom stereocenters. The van der Waals surface area contributed by atoms with Gasteiger partial charge in [0.05, 0.1) is 16.3 Å². The summed E-state index contributed by atoms with van der Waals surface area (Å²) in [6.45, 7) is 0. The van der Waals surface area contributed by atoms with Gasteiger partial charge in [-0.1, -0.05) is 12.1 Å². The highest BCUT2D eigenvalue weighted by atomic mass is 127. The molecule has 0 heterocycles. The Hall–Kier alpha value is -1.28. The SMILES string of the molecule is CS(=O)(=O)c1cccc(Nc2cccc(I)c2)c1N. The second-order valence-corrected chi connectivity index (χ2v) is 7.35. The summed E-state index contributed by atoms with van der Waals surface area (Å²) in [5.74, 6) is 0. The summed E-state index contributed by atoms with van der Waals surface area (Å²) >= 11 is 2.21. The Morgan fingerprint density at radius 3 is 2.47 bits per heavy atom.